The van der Waals surface area contributed by atoms with Crippen LogP contribution in [0.15, 0.2) is 40.9 Å². The fraction of sp³-hybridized carbons (Fsp3) is 0.294. The summed E-state index contributed by atoms with van der Waals surface area (Å²) in [4.78, 5) is 0. The van der Waals surface area contributed by atoms with Crippen LogP contribution in [0.4, 0.5) is 4.39 Å². The van der Waals surface area contributed by atoms with Crippen LogP contribution in [0.25, 0.3) is 0 Å². The number of methoxy groups -OCH3 is 1. The number of nitrogens with one attached hydrogen (secondary N) is 1. The van der Waals surface area contributed by atoms with Gasteiger partial charge in [0.25, 0.3) is 0 Å². The molecular formula is C17H18BrClFNO2. The molecule has 23 heavy (non-hydrogen) atoms. The second-order valence-electron chi connectivity index (χ2n) is 4.91. The standard InChI is InChI=1S/C17H18BrClFNO2/c1-22-8-7-21-10-12-9-13(18)5-6-17(12)23-11-14-15(19)3-2-4-16(14)20/h2-6,9,21H,7-8,10-11H2,1H3. The minimum Gasteiger partial charge on any atom is -0.488 e. The van der Waals surface area contributed by atoms with Gasteiger partial charge in [0.2, 0.25) is 0 Å². The van der Waals surface area contributed by atoms with Gasteiger partial charge in [0.05, 0.1) is 11.6 Å². The van der Waals surface area contributed by atoms with Crippen LogP contribution in [-0.4, -0.2) is 20.3 Å². The van der Waals surface area contributed by atoms with Crippen LogP contribution in [-0.2, 0) is 17.9 Å². The van der Waals surface area contributed by atoms with Crippen molar-refractivity contribution in [1.82, 2.24) is 5.32 Å². The molecule has 6 heteroatoms. The predicted molar refractivity (Wildman–Crippen MR) is 93.5 cm³/mol. The zero-order valence-corrected chi connectivity index (χ0v) is 15.1. The van der Waals surface area contributed by atoms with E-state index in [4.69, 9.17) is 21.1 Å². The molecule has 124 valence electrons. The van der Waals surface area contributed by atoms with E-state index in [-0.39, 0.29) is 12.4 Å². The van der Waals surface area contributed by atoms with Crippen molar-refractivity contribution in [3.63, 3.8) is 0 Å². The molecule has 0 saturated carbocycles. The van der Waals surface area contributed by atoms with Crippen molar-refractivity contribution in [3.05, 3.63) is 62.8 Å². The largest absolute Gasteiger partial charge is 0.488 e. The van der Waals surface area contributed by atoms with Crippen LogP contribution >= 0.6 is 27.5 Å². The maximum Gasteiger partial charge on any atom is 0.131 e. The van der Waals surface area contributed by atoms with Crippen molar-refractivity contribution in [2.45, 2.75) is 13.2 Å². The van der Waals surface area contributed by atoms with Crippen molar-refractivity contribution in [2.24, 2.45) is 0 Å². The SMILES string of the molecule is COCCNCc1cc(Br)ccc1OCc1c(F)cccc1Cl. The molecule has 0 saturated heterocycles. The number of benzene rings is 2. The van der Waals surface area contributed by atoms with E-state index in [1.54, 1.807) is 19.2 Å². The summed E-state index contributed by atoms with van der Waals surface area (Å²) >= 11 is 9.47. The molecule has 0 radical (unpaired) electrons. The third-order valence-corrected chi connectivity index (χ3v) is 4.10. The molecule has 0 spiro atoms. The van der Waals surface area contributed by atoms with Gasteiger partial charge in [-0.3, -0.25) is 0 Å². The Labute approximate surface area is 148 Å². The Bertz CT molecular complexity index is 634. The third kappa shape index (κ3) is 5.46. The lowest BCUT2D eigenvalue weighted by atomic mass is 10.2. The topological polar surface area (TPSA) is 30.5 Å². The summed E-state index contributed by atoms with van der Waals surface area (Å²) in [5, 5.41) is 3.63. The number of halogens is 3. The van der Waals surface area contributed by atoms with Crippen LogP contribution in [0.2, 0.25) is 5.02 Å². The summed E-state index contributed by atoms with van der Waals surface area (Å²) in [5.41, 5.74) is 1.33. The average molecular weight is 403 g/mol. The van der Waals surface area contributed by atoms with Crippen LogP contribution in [0.5, 0.6) is 5.75 Å². The molecule has 2 rings (SSSR count). The summed E-state index contributed by atoms with van der Waals surface area (Å²) < 4.78 is 25.5. The lowest BCUT2D eigenvalue weighted by molar-refractivity contribution is 0.199. The number of hydrogen-bond acceptors (Lipinski definition) is 3. The van der Waals surface area contributed by atoms with E-state index in [0.717, 1.165) is 16.6 Å². The summed E-state index contributed by atoms with van der Waals surface area (Å²) in [6.45, 7) is 2.08. The fourth-order valence-electron chi connectivity index (χ4n) is 2.04. The van der Waals surface area contributed by atoms with E-state index in [1.165, 1.54) is 6.07 Å². The van der Waals surface area contributed by atoms with Crippen LogP contribution < -0.4 is 10.1 Å². The lowest BCUT2D eigenvalue weighted by Crippen LogP contribution is -2.19. The zero-order valence-electron chi connectivity index (χ0n) is 12.7. The third-order valence-electron chi connectivity index (χ3n) is 3.25. The highest BCUT2D eigenvalue weighted by atomic mass is 79.9. The van der Waals surface area contributed by atoms with Crippen molar-refractivity contribution in [3.8, 4) is 5.75 Å². The predicted octanol–water partition coefficient (Wildman–Crippen LogP) is 4.56. The molecule has 3 nitrogen and oxygen atoms in total. The first kappa shape index (κ1) is 18.2. The number of ether oxygens (including phenoxy) is 2. The highest BCUT2D eigenvalue weighted by Crippen LogP contribution is 2.26. The quantitative estimate of drug-likeness (QED) is 0.657. The minimum atomic E-state index is -0.366. The Kier molecular flexibility index (Phi) is 7.30. The molecule has 2 aromatic rings. The van der Waals surface area contributed by atoms with E-state index < -0.39 is 0 Å². The van der Waals surface area contributed by atoms with Gasteiger partial charge in [-0.15, -0.1) is 0 Å². The Morgan fingerprint density at radius 2 is 2.09 bits per heavy atom. The van der Waals surface area contributed by atoms with Crippen LogP contribution in [0.3, 0.4) is 0 Å². The van der Waals surface area contributed by atoms with Gasteiger partial charge < -0.3 is 14.8 Å². The van der Waals surface area contributed by atoms with Gasteiger partial charge in [-0.05, 0) is 30.3 Å². The summed E-state index contributed by atoms with van der Waals surface area (Å²) in [6, 6.07) is 10.3. The Morgan fingerprint density at radius 3 is 2.83 bits per heavy atom. The van der Waals surface area contributed by atoms with E-state index in [0.29, 0.717) is 29.5 Å². The Balaban J connectivity index is 2.07. The van der Waals surface area contributed by atoms with Crippen LogP contribution in [0, 0.1) is 5.82 Å². The van der Waals surface area contributed by atoms with Crippen molar-refractivity contribution >= 4 is 27.5 Å². The van der Waals surface area contributed by atoms with E-state index >= 15 is 0 Å². The van der Waals surface area contributed by atoms with Gasteiger partial charge in [0.1, 0.15) is 18.2 Å². The second-order valence-corrected chi connectivity index (χ2v) is 6.23. The smallest absolute Gasteiger partial charge is 0.131 e. The van der Waals surface area contributed by atoms with Crippen molar-refractivity contribution in [2.75, 3.05) is 20.3 Å². The molecule has 0 heterocycles. The highest BCUT2D eigenvalue weighted by molar-refractivity contribution is 9.10. The fourth-order valence-corrected chi connectivity index (χ4v) is 2.67. The molecule has 0 amide bonds. The van der Waals surface area contributed by atoms with Crippen molar-refractivity contribution in [1.29, 1.82) is 0 Å². The van der Waals surface area contributed by atoms with E-state index in [1.807, 2.05) is 18.2 Å². The average Bonchev–Trinajstić information content (AvgIpc) is 2.52. The highest BCUT2D eigenvalue weighted by Gasteiger charge is 2.10. The molecule has 0 bridgehead atoms. The number of rotatable bonds is 8. The van der Waals surface area contributed by atoms with E-state index in [9.17, 15) is 4.39 Å². The molecule has 2 aromatic carbocycles. The first-order valence-corrected chi connectivity index (χ1v) is 8.32. The Hall–Kier alpha value is -1.14. The molecule has 0 aliphatic carbocycles. The second kappa shape index (κ2) is 9.23. The maximum atomic E-state index is 13.8. The first-order chi connectivity index (χ1) is 11.1. The van der Waals surface area contributed by atoms with Crippen LogP contribution in [0.1, 0.15) is 11.1 Å². The normalized spacial score (nSPS) is 10.8. The maximum absolute atomic E-state index is 13.8. The van der Waals surface area contributed by atoms with Gasteiger partial charge in [-0.2, -0.15) is 0 Å². The molecule has 0 aliphatic rings. The van der Waals surface area contributed by atoms with Gasteiger partial charge in [0, 0.05) is 35.8 Å². The molecule has 0 fully saturated rings. The zero-order chi connectivity index (χ0) is 16.7. The summed E-state index contributed by atoms with van der Waals surface area (Å²) in [6.07, 6.45) is 0. The van der Waals surface area contributed by atoms with Crippen molar-refractivity contribution < 1.29 is 13.9 Å². The van der Waals surface area contributed by atoms with Gasteiger partial charge in [-0.1, -0.05) is 33.6 Å². The molecule has 0 unspecified atom stereocenters. The minimum absolute atomic E-state index is 0.0816. The van der Waals surface area contributed by atoms with Gasteiger partial charge >= 0.3 is 0 Å². The summed E-state index contributed by atoms with van der Waals surface area (Å²) in [7, 11) is 1.66. The molecule has 0 aromatic heterocycles. The molecule has 1 N–H and O–H groups in total. The molecule has 0 atom stereocenters. The Morgan fingerprint density at radius 1 is 1.26 bits per heavy atom. The molecule has 0 aliphatic heterocycles. The van der Waals surface area contributed by atoms with E-state index in [2.05, 4.69) is 21.2 Å². The first-order valence-electron chi connectivity index (χ1n) is 7.15. The van der Waals surface area contributed by atoms with Gasteiger partial charge in [0.15, 0.2) is 0 Å². The molecular weight excluding hydrogens is 385 g/mol. The summed E-state index contributed by atoms with van der Waals surface area (Å²) in [5.74, 6) is 0.326. The lowest BCUT2D eigenvalue weighted by Gasteiger charge is -2.14. The number of hydrogen-bond donors (Lipinski definition) is 1. The van der Waals surface area contributed by atoms with Gasteiger partial charge in [-0.25, -0.2) is 4.39 Å². The monoisotopic (exact) mass is 401 g/mol.